The molecule has 0 aliphatic rings. The first-order valence-electron chi connectivity index (χ1n) is 9.35. The van der Waals surface area contributed by atoms with Gasteiger partial charge in [0, 0.05) is 18.3 Å². The number of para-hydroxylation sites is 2. The summed E-state index contributed by atoms with van der Waals surface area (Å²) >= 11 is 0. The molecule has 0 bridgehead atoms. The van der Waals surface area contributed by atoms with Crippen LogP contribution in [0, 0.1) is 5.82 Å². The molecule has 4 rings (SSSR count). The lowest BCUT2D eigenvalue weighted by atomic mass is 10.1. The molecule has 0 saturated heterocycles. The predicted molar refractivity (Wildman–Crippen MR) is 111 cm³/mol. The third-order valence-corrected chi connectivity index (χ3v) is 4.22. The molecule has 4 aromatic rings. The molecule has 1 aromatic heterocycles. The Kier molecular flexibility index (Phi) is 5.75. The Balaban J connectivity index is 1.85. The third-order valence-electron chi connectivity index (χ3n) is 4.22. The Morgan fingerprint density at radius 3 is 1.84 bits per heavy atom. The van der Waals surface area contributed by atoms with Gasteiger partial charge in [-0.25, -0.2) is 4.39 Å². The van der Waals surface area contributed by atoms with Gasteiger partial charge in [-0.05, 0) is 36.4 Å². The Hall–Kier alpha value is -4.39. The number of pyridine rings is 1. The number of carbonyl (C=O) groups excluding carboxylic acids is 1. The zero-order valence-electron chi connectivity index (χ0n) is 16.2. The van der Waals surface area contributed by atoms with E-state index in [4.69, 9.17) is 9.47 Å². The minimum Gasteiger partial charge on any atom is -0.456 e. The zero-order valence-corrected chi connectivity index (χ0v) is 16.2. The summed E-state index contributed by atoms with van der Waals surface area (Å²) in [6.45, 7) is 0. The first-order chi connectivity index (χ1) is 15.1. The van der Waals surface area contributed by atoms with Gasteiger partial charge in [0.05, 0.1) is 0 Å². The molecule has 1 N–H and O–H groups in total. The van der Waals surface area contributed by atoms with E-state index in [2.05, 4.69) is 4.99 Å². The molecule has 0 unspecified atom stereocenters. The quantitative estimate of drug-likeness (QED) is 0.455. The van der Waals surface area contributed by atoms with Crippen LogP contribution in [0.2, 0.25) is 0 Å². The highest BCUT2D eigenvalue weighted by atomic mass is 19.1. The summed E-state index contributed by atoms with van der Waals surface area (Å²) in [5.41, 5.74) is -0.0916. The van der Waals surface area contributed by atoms with E-state index in [-0.39, 0.29) is 22.6 Å². The molecule has 0 atom stereocenters. The summed E-state index contributed by atoms with van der Waals surface area (Å²) in [7, 11) is 0. The van der Waals surface area contributed by atoms with E-state index in [1.165, 1.54) is 12.3 Å². The van der Waals surface area contributed by atoms with Crippen molar-refractivity contribution in [3.05, 3.63) is 114 Å². The van der Waals surface area contributed by atoms with Gasteiger partial charge in [-0.2, -0.15) is 9.72 Å². The number of halogens is 1. The van der Waals surface area contributed by atoms with Gasteiger partial charge in [0.1, 0.15) is 34.4 Å². The molecular weight excluding hydrogens is 399 g/mol. The van der Waals surface area contributed by atoms with Gasteiger partial charge in [-0.1, -0.05) is 42.5 Å². The van der Waals surface area contributed by atoms with Crippen LogP contribution >= 0.6 is 0 Å². The van der Waals surface area contributed by atoms with Gasteiger partial charge in [-0.15, -0.1) is 0 Å². The lowest BCUT2D eigenvalue weighted by molar-refractivity contribution is 0.0983. The van der Waals surface area contributed by atoms with Crippen molar-refractivity contribution in [1.82, 2.24) is 4.73 Å². The number of benzene rings is 3. The monoisotopic (exact) mass is 416 g/mol. The molecule has 31 heavy (non-hydrogen) atoms. The highest BCUT2D eigenvalue weighted by molar-refractivity contribution is 6.00. The third kappa shape index (κ3) is 4.79. The molecule has 6 nitrogen and oxygen atoms in total. The minimum absolute atomic E-state index is 0.00635. The smallest absolute Gasteiger partial charge is 0.286 e. The number of aromatic nitrogens is 1. The van der Waals surface area contributed by atoms with Crippen molar-refractivity contribution in [2.45, 2.75) is 0 Å². The summed E-state index contributed by atoms with van der Waals surface area (Å²) in [5, 5.41) is 9.91. The molecule has 0 saturated carbocycles. The maximum absolute atomic E-state index is 14.4. The normalized spacial score (nSPS) is 11.2. The fourth-order valence-corrected chi connectivity index (χ4v) is 2.83. The maximum atomic E-state index is 14.4. The molecule has 0 fully saturated rings. The van der Waals surface area contributed by atoms with E-state index < -0.39 is 11.7 Å². The average Bonchev–Trinajstić information content (AvgIpc) is 2.76. The van der Waals surface area contributed by atoms with E-state index in [0.717, 1.165) is 12.1 Å². The SMILES string of the molecule is O=C(N=c1ccccn1O)c1c(Oc2ccccc2)cc(F)cc1Oc1ccccc1. The molecule has 0 spiro atoms. The first kappa shape index (κ1) is 19.9. The Morgan fingerprint density at radius 2 is 1.32 bits per heavy atom. The molecule has 7 heteroatoms. The lowest BCUT2D eigenvalue weighted by Crippen LogP contribution is -2.19. The number of rotatable bonds is 5. The number of hydrogen-bond donors (Lipinski definition) is 1. The van der Waals surface area contributed by atoms with Gasteiger partial charge in [-0.3, -0.25) is 4.79 Å². The van der Waals surface area contributed by atoms with Crippen molar-refractivity contribution >= 4 is 5.91 Å². The van der Waals surface area contributed by atoms with Crippen LogP contribution in [-0.4, -0.2) is 15.8 Å². The first-order valence-corrected chi connectivity index (χ1v) is 9.35. The molecule has 0 aliphatic heterocycles. The van der Waals surface area contributed by atoms with Crippen LogP contribution in [0.25, 0.3) is 0 Å². The summed E-state index contributed by atoms with van der Waals surface area (Å²) in [6.07, 6.45) is 1.33. The summed E-state index contributed by atoms with van der Waals surface area (Å²) in [4.78, 5) is 17.1. The van der Waals surface area contributed by atoms with Crippen LogP contribution < -0.4 is 15.0 Å². The Labute approximate surface area is 177 Å². The molecule has 1 heterocycles. The summed E-state index contributed by atoms with van der Waals surface area (Å²) < 4.78 is 26.7. The zero-order chi connectivity index (χ0) is 21.6. The van der Waals surface area contributed by atoms with Crippen molar-refractivity contribution in [2.24, 2.45) is 4.99 Å². The van der Waals surface area contributed by atoms with Crippen LogP contribution in [-0.2, 0) is 0 Å². The van der Waals surface area contributed by atoms with Crippen molar-refractivity contribution in [3.8, 4) is 23.0 Å². The fourth-order valence-electron chi connectivity index (χ4n) is 2.83. The topological polar surface area (TPSA) is 73.1 Å². The Bertz CT molecular complexity index is 1210. The predicted octanol–water partition coefficient (Wildman–Crippen LogP) is 5.19. The van der Waals surface area contributed by atoms with Crippen molar-refractivity contribution in [3.63, 3.8) is 0 Å². The van der Waals surface area contributed by atoms with Crippen LogP contribution in [0.15, 0.2) is 102 Å². The maximum Gasteiger partial charge on any atom is 0.286 e. The van der Waals surface area contributed by atoms with Crippen molar-refractivity contribution < 1.29 is 23.9 Å². The molecule has 154 valence electrons. The van der Waals surface area contributed by atoms with E-state index in [0.29, 0.717) is 16.2 Å². The van der Waals surface area contributed by atoms with E-state index >= 15 is 0 Å². The van der Waals surface area contributed by atoms with Gasteiger partial charge in [0.2, 0.25) is 0 Å². The van der Waals surface area contributed by atoms with Crippen LogP contribution in [0.4, 0.5) is 4.39 Å². The number of carbonyl (C=O) groups is 1. The van der Waals surface area contributed by atoms with E-state index in [1.54, 1.807) is 72.8 Å². The number of hydrogen-bond acceptors (Lipinski definition) is 4. The minimum atomic E-state index is -0.772. The largest absolute Gasteiger partial charge is 0.456 e. The van der Waals surface area contributed by atoms with Gasteiger partial charge in [0.25, 0.3) is 5.91 Å². The van der Waals surface area contributed by atoms with Crippen molar-refractivity contribution in [2.75, 3.05) is 0 Å². The van der Waals surface area contributed by atoms with E-state index in [9.17, 15) is 14.4 Å². The van der Waals surface area contributed by atoms with E-state index in [1.807, 2.05) is 0 Å². The molecule has 1 amide bonds. The number of amides is 1. The van der Waals surface area contributed by atoms with Gasteiger partial charge >= 0.3 is 0 Å². The standard InChI is InChI=1S/C24H17FN2O4/c25-17-15-20(30-18-9-3-1-4-10-18)23(21(16-17)31-19-11-5-2-6-12-19)24(28)26-22-13-7-8-14-27(22)29/h1-16,29H. The Morgan fingerprint density at radius 1 is 0.806 bits per heavy atom. The lowest BCUT2D eigenvalue weighted by Gasteiger charge is -2.14. The number of nitrogens with zero attached hydrogens (tertiary/aromatic N) is 2. The highest BCUT2D eigenvalue weighted by Crippen LogP contribution is 2.36. The van der Waals surface area contributed by atoms with Gasteiger partial charge < -0.3 is 14.7 Å². The second kappa shape index (κ2) is 8.96. The van der Waals surface area contributed by atoms with Crippen LogP contribution in [0.1, 0.15) is 10.4 Å². The molecule has 0 radical (unpaired) electrons. The second-order valence-electron chi connectivity index (χ2n) is 6.43. The second-order valence-corrected chi connectivity index (χ2v) is 6.43. The summed E-state index contributed by atoms with van der Waals surface area (Å²) in [5.74, 6) is -0.733. The molecule has 0 aliphatic carbocycles. The number of ether oxygens (including phenoxy) is 2. The van der Waals surface area contributed by atoms with Crippen LogP contribution in [0.5, 0.6) is 23.0 Å². The fraction of sp³-hybridized carbons (Fsp3) is 0. The average molecular weight is 416 g/mol. The molecular formula is C24H17FN2O4. The van der Waals surface area contributed by atoms with Gasteiger partial charge in [0.15, 0.2) is 5.49 Å². The summed E-state index contributed by atoms with van der Waals surface area (Å²) in [6, 6.07) is 24.1. The molecule has 3 aromatic carbocycles. The highest BCUT2D eigenvalue weighted by Gasteiger charge is 2.22. The van der Waals surface area contributed by atoms with Crippen molar-refractivity contribution in [1.29, 1.82) is 0 Å². The van der Waals surface area contributed by atoms with Crippen LogP contribution in [0.3, 0.4) is 0 Å².